The summed E-state index contributed by atoms with van der Waals surface area (Å²) in [6, 6.07) is 7.87. The fourth-order valence-electron chi connectivity index (χ4n) is 1.27. The minimum Gasteiger partial charge on any atom is -0.197 e. The van der Waals surface area contributed by atoms with Crippen molar-refractivity contribution < 1.29 is 0 Å². The summed E-state index contributed by atoms with van der Waals surface area (Å²) < 4.78 is 0.899. The van der Waals surface area contributed by atoms with Gasteiger partial charge in [0.25, 0.3) is 0 Å². The van der Waals surface area contributed by atoms with Gasteiger partial charge in [-0.2, -0.15) is 5.26 Å². The molecule has 0 radical (unpaired) electrons. The van der Waals surface area contributed by atoms with Crippen LogP contribution in [0.25, 0.3) is 0 Å². The van der Waals surface area contributed by atoms with Gasteiger partial charge in [0.2, 0.25) is 0 Å². The fourth-order valence-corrected chi connectivity index (χ4v) is 2.39. The van der Waals surface area contributed by atoms with Crippen LogP contribution < -0.4 is 0 Å². The molecule has 0 heterocycles. The molecule has 1 aromatic rings. The summed E-state index contributed by atoms with van der Waals surface area (Å²) in [5.74, 6) is 0. The van der Waals surface area contributed by atoms with Gasteiger partial charge in [-0.05, 0) is 31.0 Å². The molecule has 14 heavy (non-hydrogen) atoms. The number of nitrogens with zero attached hydrogens (tertiary/aromatic N) is 1. The summed E-state index contributed by atoms with van der Waals surface area (Å²) in [6.07, 6.45) is 0.781. The fraction of sp³-hybridized carbons (Fsp3) is 0.364. The molecule has 0 aliphatic rings. The van der Waals surface area contributed by atoms with E-state index in [2.05, 4.69) is 22.0 Å². The Labute approximate surface area is 97.8 Å². The van der Waals surface area contributed by atoms with Crippen molar-refractivity contribution in [1.29, 1.82) is 5.26 Å². The average molecular weight is 273 g/mol. The van der Waals surface area contributed by atoms with E-state index in [0.29, 0.717) is 5.02 Å². The molecular formula is C11H11BrClN. The van der Waals surface area contributed by atoms with Gasteiger partial charge in [0.15, 0.2) is 0 Å². The second kappa shape index (κ2) is 4.33. The first-order valence-corrected chi connectivity index (χ1v) is 5.57. The average Bonchev–Trinajstić information content (AvgIpc) is 2.17. The SMILES string of the molecule is CCC(C)(C#N)c1ccc(Cl)cc1Br. The molecule has 0 fully saturated rings. The van der Waals surface area contributed by atoms with Gasteiger partial charge in [0.1, 0.15) is 0 Å². The third-order valence-corrected chi connectivity index (χ3v) is 3.37. The van der Waals surface area contributed by atoms with Crippen molar-refractivity contribution in [3.63, 3.8) is 0 Å². The number of benzene rings is 1. The monoisotopic (exact) mass is 271 g/mol. The van der Waals surface area contributed by atoms with Gasteiger partial charge in [-0.3, -0.25) is 0 Å². The molecule has 1 atom stereocenters. The number of rotatable bonds is 2. The highest BCUT2D eigenvalue weighted by Gasteiger charge is 2.26. The summed E-state index contributed by atoms with van der Waals surface area (Å²) in [5.41, 5.74) is 0.551. The minimum atomic E-state index is -0.441. The van der Waals surface area contributed by atoms with Gasteiger partial charge < -0.3 is 0 Å². The minimum absolute atomic E-state index is 0.441. The lowest BCUT2D eigenvalue weighted by Gasteiger charge is -2.21. The maximum atomic E-state index is 9.13. The van der Waals surface area contributed by atoms with Crippen LogP contribution in [-0.4, -0.2) is 0 Å². The van der Waals surface area contributed by atoms with E-state index in [9.17, 15) is 0 Å². The molecule has 0 bridgehead atoms. The first-order valence-electron chi connectivity index (χ1n) is 4.40. The summed E-state index contributed by atoms with van der Waals surface area (Å²) in [4.78, 5) is 0. The van der Waals surface area contributed by atoms with Crippen LogP contribution in [0, 0.1) is 11.3 Å². The molecule has 0 N–H and O–H groups in total. The Bertz CT molecular complexity index is 383. The predicted molar refractivity (Wildman–Crippen MR) is 62.4 cm³/mol. The van der Waals surface area contributed by atoms with Crippen molar-refractivity contribution in [2.75, 3.05) is 0 Å². The number of hydrogen-bond donors (Lipinski definition) is 0. The highest BCUT2D eigenvalue weighted by Crippen LogP contribution is 2.34. The van der Waals surface area contributed by atoms with Gasteiger partial charge in [0, 0.05) is 9.50 Å². The lowest BCUT2D eigenvalue weighted by molar-refractivity contribution is 0.584. The topological polar surface area (TPSA) is 23.8 Å². The van der Waals surface area contributed by atoms with Gasteiger partial charge in [0.05, 0.1) is 11.5 Å². The van der Waals surface area contributed by atoms with E-state index in [-0.39, 0.29) is 0 Å². The van der Waals surface area contributed by atoms with E-state index in [4.69, 9.17) is 16.9 Å². The van der Waals surface area contributed by atoms with E-state index >= 15 is 0 Å². The second-order valence-corrected chi connectivity index (χ2v) is 4.71. The van der Waals surface area contributed by atoms with E-state index < -0.39 is 5.41 Å². The molecule has 1 aromatic carbocycles. The predicted octanol–water partition coefficient (Wildman–Crippen LogP) is 4.29. The standard InChI is InChI=1S/C11H11BrClN/c1-3-11(2,7-14)9-5-4-8(13)6-10(9)12/h4-6H,3H2,1-2H3. The molecule has 3 heteroatoms. The van der Waals surface area contributed by atoms with Crippen molar-refractivity contribution in [1.82, 2.24) is 0 Å². The van der Waals surface area contributed by atoms with Crippen molar-refractivity contribution in [3.05, 3.63) is 33.3 Å². The molecule has 1 rings (SSSR count). The highest BCUT2D eigenvalue weighted by molar-refractivity contribution is 9.10. The summed E-state index contributed by atoms with van der Waals surface area (Å²) in [6.45, 7) is 3.94. The summed E-state index contributed by atoms with van der Waals surface area (Å²) in [5, 5.41) is 9.81. The molecule has 1 nitrogen and oxygen atoms in total. The van der Waals surface area contributed by atoms with Crippen LogP contribution in [0.15, 0.2) is 22.7 Å². The highest BCUT2D eigenvalue weighted by atomic mass is 79.9. The largest absolute Gasteiger partial charge is 0.197 e. The first kappa shape index (κ1) is 11.6. The number of hydrogen-bond acceptors (Lipinski definition) is 1. The van der Waals surface area contributed by atoms with Crippen LogP contribution >= 0.6 is 27.5 Å². The Hall–Kier alpha value is -0.520. The van der Waals surface area contributed by atoms with E-state index in [1.165, 1.54) is 0 Å². The molecule has 0 saturated carbocycles. The zero-order valence-electron chi connectivity index (χ0n) is 8.14. The smallest absolute Gasteiger partial charge is 0.0802 e. The van der Waals surface area contributed by atoms with Crippen LogP contribution in [0.5, 0.6) is 0 Å². The molecular weight excluding hydrogens is 261 g/mol. The molecule has 74 valence electrons. The lowest BCUT2D eigenvalue weighted by atomic mass is 9.82. The van der Waals surface area contributed by atoms with E-state index in [1.807, 2.05) is 32.0 Å². The first-order chi connectivity index (χ1) is 6.53. The third kappa shape index (κ3) is 2.10. The normalized spacial score (nSPS) is 14.5. The van der Waals surface area contributed by atoms with Gasteiger partial charge in [-0.15, -0.1) is 0 Å². The molecule has 0 spiro atoms. The quantitative estimate of drug-likeness (QED) is 0.788. The molecule has 0 aliphatic heterocycles. The molecule has 0 aliphatic carbocycles. The lowest BCUT2D eigenvalue weighted by Crippen LogP contribution is -2.18. The van der Waals surface area contributed by atoms with Crippen molar-refractivity contribution in [2.45, 2.75) is 25.7 Å². The Kier molecular flexibility index (Phi) is 3.58. The summed E-state index contributed by atoms with van der Waals surface area (Å²) >= 11 is 9.27. The van der Waals surface area contributed by atoms with Crippen LogP contribution in [-0.2, 0) is 5.41 Å². The van der Waals surface area contributed by atoms with Crippen molar-refractivity contribution in [2.24, 2.45) is 0 Å². The van der Waals surface area contributed by atoms with E-state index in [1.54, 1.807) is 0 Å². The maximum Gasteiger partial charge on any atom is 0.0802 e. The summed E-state index contributed by atoms with van der Waals surface area (Å²) in [7, 11) is 0. The van der Waals surface area contributed by atoms with Crippen LogP contribution in [0.1, 0.15) is 25.8 Å². The Morgan fingerprint density at radius 1 is 1.57 bits per heavy atom. The molecule has 1 unspecified atom stereocenters. The van der Waals surface area contributed by atoms with Gasteiger partial charge in [-0.25, -0.2) is 0 Å². The van der Waals surface area contributed by atoms with Gasteiger partial charge in [-0.1, -0.05) is 40.5 Å². The van der Waals surface area contributed by atoms with Crippen molar-refractivity contribution in [3.8, 4) is 6.07 Å². The molecule has 0 aromatic heterocycles. The second-order valence-electron chi connectivity index (χ2n) is 3.42. The molecule has 0 saturated heterocycles. The maximum absolute atomic E-state index is 9.13. The molecule has 0 amide bonds. The third-order valence-electron chi connectivity index (χ3n) is 2.48. The number of halogens is 2. The Morgan fingerprint density at radius 2 is 2.21 bits per heavy atom. The zero-order chi connectivity index (χ0) is 10.8. The van der Waals surface area contributed by atoms with Crippen LogP contribution in [0.4, 0.5) is 0 Å². The zero-order valence-corrected chi connectivity index (χ0v) is 10.5. The van der Waals surface area contributed by atoms with Gasteiger partial charge >= 0.3 is 0 Å². The van der Waals surface area contributed by atoms with Crippen LogP contribution in [0.2, 0.25) is 5.02 Å². The van der Waals surface area contributed by atoms with E-state index in [0.717, 1.165) is 16.5 Å². The Balaban J connectivity index is 3.26. The number of nitriles is 1. The van der Waals surface area contributed by atoms with Crippen molar-refractivity contribution >= 4 is 27.5 Å². The van der Waals surface area contributed by atoms with Crippen LogP contribution in [0.3, 0.4) is 0 Å². The Morgan fingerprint density at radius 3 is 2.64 bits per heavy atom.